The molecule has 0 unspecified atom stereocenters. The van der Waals surface area contributed by atoms with Crippen molar-refractivity contribution >= 4 is 34.4 Å². The van der Waals surface area contributed by atoms with E-state index in [-0.39, 0.29) is 18.2 Å². The van der Waals surface area contributed by atoms with Gasteiger partial charge in [0.25, 0.3) is 5.91 Å². The topological polar surface area (TPSA) is 61.8 Å². The van der Waals surface area contributed by atoms with E-state index in [1.54, 1.807) is 0 Å². The van der Waals surface area contributed by atoms with Gasteiger partial charge in [0.1, 0.15) is 5.25 Å². The molecule has 0 aliphatic carbocycles. The zero-order valence-corrected chi connectivity index (χ0v) is 15.0. The SMILES string of the molecule is Cc1ccc(NC(=O)C[C@H]2SC(N3CCCCC3)=NC2=O)c(C)c1. The fraction of sp³-hybridized carbons (Fsp3) is 0.500. The number of piperidine rings is 1. The number of amidine groups is 1. The Morgan fingerprint density at radius 2 is 2.04 bits per heavy atom. The first-order valence-corrected chi connectivity index (χ1v) is 9.32. The van der Waals surface area contributed by atoms with Crippen molar-refractivity contribution in [3.63, 3.8) is 0 Å². The second-order valence-electron chi connectivity index (χ2n) is 6.46. The van der Waals surface area contributed by atoms with E-state index in [2.05, 4.69) is 15.2 Å². The molecule has 5 nitrogen and oxygen atoms in total. The molecule has 128 valence electrons. The number of nitrogens with one attached hydrogen (secondary N) is 1. The quantitative estimate of drug-likeness (QED) is 0.914. The minimum Gasteiger partial charge on any atom is -0.351 e. The summed E-state index contributed by atoms with van der Waals surface area (Å²) in [7, 11) is 0. The van der Waals surface area contributed by atoms with Gasteiger partial charge in [-0.25, -0.2) is 0 Å². The van der Waals surface area contributed by atoms with E-state index in [0.29, 0.717) is 0 Å². The maximum Gasteiger partial charge on any atom is 0.262 e. The van der Waals surface area contributed by atoms with E-state index in [4.69, 9.17) is 0 Å². The van der Waals surface area contributed by atoms with Crippen LogP contribution in [0.3, 0.4) is 0 Å². The molecule has 0 spiro atoms. The van der Waals surface area contributed by atoms with Gasteiger partial charge in [-0.1, -0.05) is 29.5 Å². The summed E-state index contributed by atoms with van der Waals surface area (Å²) in [5, 5.41) is 3.31. The average Bonchev–Trinajstić information content (AvgIpc) is 2.92. The number of likely N-dealkylation sites (tertiary alicyclic amines) is 1. The van der Waals surface area contributed by atoms with Crippen molar-refractivity contribution in [2.75, 3.05) is 18.4 Å². The van der Waals surface area contributed by atoms with Crippen molar-refractivity contribution in [3.05, 3.63) is 29.3 Å². The molecule has 1 aromatic carbocycles. The van der Waals surface area contributed by atoms with E-state index in [1.807, 2.05) is 32.0 Å². The van der Waals surface area contributed by atoms with Gasteiger partial charge in [-0.3, -0.25) is 9.59 Å². The first kappa shape index (κ1) is 17.0. The molecule has 0 bridgehead atoms. The summed E-state index contributed by atoms with van der Waals surface area (Å²) in [6.45, 7) is 5.91. The van der Waals surface area contributed by atoms with E-state index >= 15 is 0 Å². The highest BCUT2D eigenvalue weighted by Crippen LogP contribution is 2.29. The Morgan fingerprint density at radius 3 is 2.75 bits per heavy atom. The summed E-state index contributed by atoms with van der Waals surface area (Å²) in [6, 6.07) is 5.90. The molecule has 1 N–H and O–H groups in total. The Labute approximate surface area is 146 Å². The minimum absolute atomic E-state index is 0.136. The van der Waals surface area contributed by atoms with Gasteiger partial charge >= 0.3 is 0 Å². The van der Waals surface area contributed by atoms with Crippen molar-refractivity contribution in [3.8, 4) is 0 Å². The second-order valence-corrected chi connectivity index (χ2v) is 7.63. The summed E-state index contributed by atoms with van der Waals surface area (Å²) >= 11 is 1.44. The van der Waals surface area contributed by atoms with Crippen molar-refractivity contribution in [2.45, 2.75) is 44.8 Å². The zero-order valence-electron chi connectivity index (χ0n) is 14.2. The summed E-state index contributed by atoms with van der Waals surface area (Å²) < 4.78 is 0. The van der Waals surface area contributed by atoms with Crippen molar-refractivity contribution in [1.29, 1.82) is 0 Å². The van der Waals surface area contributed by atoms with Gasteiger partial charge in [-0.05, 0) is 44.7 Å². The van der Waals surface area contributed by atoms with E-state index in [9.17, 15) is 9.59 Å². The Balaban J connectivity index is 1.56. The van der Waals surface area contributed by atoms with Crippen molar-refractivity contribution < 1.29 is 9.59 Å². The molecule has 0 saturated carbocycles. The fourth-order valence-electron chi connectivity index (χ4n) is 3.05. The van der Waals surface area contributed by atoms with E-state index in [1.165, 1.54) is 18.2 Å². The first-order chi connectivity index (χ1) is 11.5. The van der Waals surface area contributed by atoms with Crippen LogP contribution in [-0.4, -0.2) is 40.2 Å². The third kappa shape index (κ3) is 3.98. The second kappa shape index (κ2) is 7.38. The Morgan fingerprint density at radius 1 is 1.29 bits per heavy atom. The number of amides is 2. The molecule has 24 heavy (non-hydrogen) atoms. The van der Waals surface area contributed by atoms with Gasteiger partial charge in [0.2, 0.25) is 5.91 Å². The van der Waals surface area contributed by atoms with Gasteiger partial charge in [-0.2, -0.15) is 4.99 Å². The molecule has 1 saturated heterocycles. The molecule has 2 aliphatic rings. The number of hydrogen-bond donors (Lipinski definition) is 1. The molecule has 1 aromatic rings. The van der Waals surface area contributed by atoms with Crippen LogP contribution in [0.4, 0.5) is 5.69 Å². The molecule has 3 rings (SSSR count). The van der Waals surface area contributed by atoms with Crippen molar-refractivity contribution in [2.24, 2.45) is 4.99 Å². The van der Waals surface area contributed by atoms with Crippen LogP contribution < -0.4 is 5.32 Å². The lowest BCUT2D eigenvalue weighted by Gasteiger charge is -2.27. The van der Waals surface area contributed by atoms with Gasteiger partial charge in [0, 0.05) is 25.2 Å². The van der Waals surface area contributed by atoms with E-state index in [0.717, 1.165) is 47.9 Å². The van der Waals surface area contributed by atoms with Crippen LogP contribution in [-0.2, 0) is 9.59 Å². The van der Waals surface area contributed by atoms with Crippen LogP contribution in [0.5, 0.6) is 0 Å². The van der Waals surface area contributed by atoms with Crippen LogP contribution in [0.15, 0.2) is 23.2 Å². The van der Waals surface area contributed by atoms with Gasteiger partial charge in [0.05, 0.1) is 0 Å². The summed E-state index contributed by atoms with van der Waals surface area (Å²) in [5.41, 5.74) is 2.99. The number of thioether (sulfide) groups is 1. The fourth-order valence-corrected chi connectivity index (χ4v) is 4.17. The molecule has 2 amide bonds. The third-order valence-corrected chi connectivity index (χ3v) is 5.60. The predicted molar refractivity (Wildman–Crippen MR) is 98.4 cm³/mol. The third-order valence-electron chi connectivity index (χ3n) is 4.38. The van der Waals surface area contributed by atoms with Gasteiger partial charge in [-0.15, -0.1) is 0 Å². The smallest absolute Gasteiger partial charge is 0.262 e. The number of aryl methyl sites for hydroxylation is 2. The lowest BCUT2D eigenvalue weighted by atomic mass is 10.1. The Hall–Kier alpha value is -1.82. The highest BCUT2D eigenvalue weighted by atomic mass is 32.2. The average molecular weight is 345 g/mol. The number of carbonyl (C=O) groups is 2. The van der Waals surface area contributed by atoms with Gasteiger partial charge < -0.3 is 10.2 Å². The monoisotopic (exact) mass is 345 g/mol. The summed E-state index contributed by atoms with van der Waals surface area (Å²) in [5.74, 6) is -0.320. The standard InChI is InChI=1S/C18H23N3O2S/c1-12-6-7-14(13(2)10-12)19-16(22)11-15-17(23)20-18(24-15)21-8-4-3-5-9-21/h6-7,10,15H,3-5,8-9,11H2,1-2H3,(H,19,22)/t15-/m1/s1. The van der Waals surface area contributed by atoms with Crippen LogP contribution in [0.1, 0.15) is 36.8 Å². The molecular weight excluding hydrogens is 322 g/mol. The number of rotatable bonds is 3. The lowest BCUT2D eigenvalue weighted by Crippen LogP contribution is -2.33. The van der Waals surface area contributed by atoms with Gasteiger partial charge in [0.15, 0.2) is 5.17 Å². The molecule has 1 atom stereocenters. The van der Waals surface area contributed by atoms with E-state index < -0.39 is 5.25 Å². The lowest BCUT2D eigenvalue weighted by molar-refractivity contribution is -0.121. The maximum atomic E-state index is 12.3. The van der Waals surface area contributed by atoms with Crippen molar-refractivity contribution in [1.82, 2.24) is 4.90 Å². The zero-order chi connectivity index (χ0) is 17.1. The number of nitrogens with zero attached hydrogens (tertiary/aromatic N) is 2. The maximum absolute atomic E-state index is 12.3. The first-order valence-electron chi connectivity index (χ1n) is 8.44. The Bertz CT molecular complexity index is 681. The minimum atomic E-state index is -0.396. The number of benzene rings is 1. The van der Waals surface area contributed by atoms with Crippen LogP contribution in [0.2, 0.25) is 0 Å². The summed E-state index contributed by atoms with van der Waals surface area (Å²) in [4.78, 5) is 30.7. The number of hydrogen-bond acceptors (Lipinski definition) is 4. The number of carbonyl (C=O) groups excluding carboxylic acids is 2. The molecule has 2 heterocycles. The van der Waals surface area contributed by atoms with Crippen LogP contribution in [0.25, 0.3) is 0 Å². The number of anilines is 1. The Kier molecular flexibility index (Phi) is 5.23. The summed E-state index contributed by atoms with van der Waals surface area (Å²) in [6.07, 6.45) is 3.69. The molecular formula is C18H23N3O2S. The molecule has 6 heteroatoms. The molecule has 0 radical (unpaired) electrons. The molecule has 2 aliphatic heterocycles. The van der Waals surface area contributed by atoms with Crippen LogP contribution >= 0.6 is 11.8 Å². The predicted octanol–water partition coefficient (Wildman–Crippen LogP) is 3.12. The normalized spacial score (nSPS) is 20.9. The largest absolute Gasteiger partial charge is 0.351 e. The molecule has 0 aromatic heterocycles. The van der Waals surface area contributed by atoms with Crippen LogP contribution in [0, 0.1) is 13.8 Å². The highest BCUT2D eigenvalue weighted by molar-refractivity contribution is 8.15. The molecule has 1 fully saturated rings. The number of aliphatic imine (C=N–C) groups is 1. The highest BCUT2D eigenvalue weighted by Gasteiger charge is 2.33.